The normalized spacial score (nSPS) is 12.0. The highest BCUT2D eigenvalue weighted by Gasteiger charge is 2.19. The van der Waals surface area contributed by atoms with Crippen LogP contribution in [0.4, 0.5) is 16.2 Å². The third-order valence-corrected chi connectivity index (χ3v) is 5.53. The molecule has 184 valence electrons. The van der Waals surface area contributed by atoms with Gasteiger partial charge in [-0.2, -0.15) is 4.98 Å². The van der Waals surface area contributed by atoms with Crippen LogP contribution in [0.1, 0.15) is 19.4 Å². The minimum atomic E-state index is -0.316. The zero-order valence-electron chi connectivity index (χ0n) is 20.3. The van der Waals surface area contributed by atoms with Crippen LogP contribution in [0.2, 0.25) is 0 Å². The molecule has 9 heteroatoms. The van der Waals surface area contributed by atoms with E-state index in [2.05, 4.69) is 34.6 Å². The predicted molar refractivity (Wildman–Crippen MR) is 137 cm³/mol. The number of fused-ring (bicyclic) bond motifs is 1. The van der Waals surface area contributed by atoms with Crippen molar-refractivity contribution in [2.75, 3.05) is 24.0 Å². The van der Waals surface area contributed by atoms with Crippen LogP contribution in [0.15, 0.2) is 66.7 Å². The van der Waals surface area contributed by atoms with Gasteiger partial charge in [0.2, 0.25) is 6.79 Å². The van der Waals surface area contributed by atoms with E-state index in [-0.39, 0.29) is 18.8 Å². The van der Waals surface area contributed by atoms with Crippen LogP contribution in [-0.4, -0.2) is 34.2 Å². The van der Waals surface area contributed by atoms with Crippen molar-refractivity contribution < 1.29 is 19.0 Å². The first kappa shape index (κ1) is 23.2. The Bertz CT molecular complexity index is 1380. The molecular weight excluding hydrogens is 458 g/mol. The summed E-state index contributed by atoms with van der Waals surface area (Å²) in [6.07, 6.45) is 0. The molecule has 4 aromatic rings. The van der Waals surface area contributed by atoms with Crippen molar-refractivity contribution in [1.29, 1.82) is 0 Å². The Morgan fingerprint density at radius 2 is 1.81 bits per heavy atom. The van der Waals surface area contributed by atoms with Gasteiger partial charge in [0.25, 0.3) is 0 Å². The molecule has 0 atom stereocenters. The van der Waals surface area contributed by atoms with E-state index < -0.39 is 0 Å². The van der Waals surface area contributed by atoms with E-state index in [1.807, 2.05) is 73.7 Å². The quantitative estimate of drug-likeness (QED) is 0.351. The summed E-state index contributed by atoms with van der Waals surface area (Å²) < 4.78 is 18.5. The molecule has 1 aliphatic rings. The SMILES string of the molecule is Cc1ccccc1NC(=O)Nc1ccc(-n2nc(OCC(C)C)nc2-c2ccc3c(c2)OCO3)cc1. The average molecular weight is 486 g/mol. The van der Waals surface area contributed by atoms with Gasteiger partial charge in [0.15, 0.2) is 17.3 Å². The molecule has 0 fully saturated rings. The van der Waals surface area contributed by atoms with Gasteiger partial charge in [-0.1, -0.05) is 32.0 Å². The number of carbonyl (C=O) groups excluding carboxylic acids is 1. The number of benzene rings is 3. The largest absolute Gasteiger partial charge is 0.462 e. The third kappa shape index (κ3) is 5.10. The van der Waals surface area contributed by atoms with Crippen molar-refractivity contribution in [2.45, 2.75) is 20.8 Å². The lowest BCUT2D eigenvalue weighted by Gasteiger charge is -2.11. The summed E-state index contributed by atoms with van der Waals surface area (Å²) in [7, 11) is 0. The minimum absolute atomic E-state index is 0.195. The fourth-order valence-electron chi connectivity index (χ4n) is 3.68. The van der Waals surface area contributed by atoms with Crippen LogP contribution in [0, 0.1) is 12.8 Å². The lowest BCUT2D eigenvalue weighted by atomic mass is 10.2. The van der Waals surface area contributed by atoms with Gasteiger partial charge in [-0.15, -0.1) is 5.10 Å². The van der Waals surface area contributed by atoms with Crippen LogP contribution in [0.5, 0.6) is 17.5 Å². The number of anilines is 2. The van der Waals surface area contributed by atoms with Gasteiger partial charge in [-0.3, -0.25) is 0 Å². The van der Waals surface area contributed by atoms with Crippen molar-refractivity contribution in [2.24, 2.45) is 5.92 Å². The van der Waals surface area contributed by atoms with Crippen molar-refractivity contribution in [3.8, 4) is 34.6 Å². The van der Waals surface area contributed by atoms with E-state index in [1.54, 1.807) is 4.68 Å². The highest BCUT2D eigenvalue weighted by molar-refractivity contribution is 6.00. The lowest BCUT2D eigenvalue weighted by molar-refractivity contribution is 0.174. The van der Waals surface area contributed by atoms with Gasteiger partial charge >= 0.3 is 12.0 Å². The average Bonchev–Trinajstić information content (AvgIpc) is 3.51. The first-order valence-corrected chi connectivity index (χ1v) is 11.7. The lowest BCUT2D eigenvalue weighted by Crippen LogP contribution is -2.19. The standard InChI is InChI=1S/C27H27N5O4/c1-17(2)15-34-27-30-25(19-8-13-23-24(14-19)36-16-35-23)32(31-27)21-11-9-20(10-12-21)28-26(33)29-22-7-5-4-6-18(22)3/h4-14,17H,15-16H2,1-3H3,(H2,28,29,33). The molecule has 5 rings (SSSR count). The summed E-state index contributed by atoms with van der Waals surface area (Å²) >= 11 is 0. The number of nitrogens with zero attached hydrogens (tertiary/aromatic N) is 3. The van der Waals surface area contributed by atoms with E-state index in [4.69, 9.17) is 14.2 Å². The molecular formula is C27H27N5O4. The molecule has 0 saturated carbocycles. The molecule has 0 bridgehead atoms. The molecule has 0 radical (unpaired) electrons. The topological polar surface area (TPSA) is 99.5 Å². The van der Waals surface area contributed by atoms with Gasteiger partial charge in [0.05, 0.1) is 12.3 Å². The number of rotatable bonds is 7. The number of aryl methyl sites for hydroxylation is 1. The fraction of sp³-hybridized carbons (Fsp3) is 0.222. The maximum absolute atomic E-state index is 12.5. The first-order chi connectivity index (χ1) is 17.5. The first-order valence-electron chi connectivity index (χ1n) is 11.7. The van der Waals surface area contributed by atoms with Gasteiger partial charge in [-0.05, 0) is 66.9 Å². The molecule has 0 aliphatic carbocycles. The number of urea groups is 1. The molecule has 2 N–H and O–H groups in total. The molecule has 1 aromatic heterocycles. The molecule has 36 heavy (non-hydrogen) atoms. The van der Waals surface area contributed by atoms with Crippen molar-refractivity contribution in [1.82, 2.24) is 14.8 Å². The van der Waals surface area contributed by atoms with Gasteiger partial charge in [0.1, 0.15) is 0 Å². The summed E-state index contributed by atoms with van der Waals surface area (Å²) in [6.45, 7) is 6.77. The second kappa shape index (κ2) is 9.99. The molecule has 1 aliphatic heterocycles. The summed E-state index contributed by atoms with van der Waals surface area (Å²) in [5.74, 6) is 2.29. The third-order valence-electron chi connectivity index (χ3n) is 5.53. The van der Waals surface area contributed by atoms with Gasteiger partial charge in [-0.25, -0.2) is 9.48 Å². The highest BCUT2D eigenvalue weighted by atomic mass is 16.7. The number of hydrogen-bond acceptors (Lipinski definition) is 6. The predicted octanol–water partition coefficient (Wildman–Crippen LogP) is 5.65. The van der Waals surface area contributed by atoms with Crippen LogP contribution < -0.4 is 24.8 Å². The second-order valence-electron chi connectivity index (χ2n) is 8.84. The molecule has 0 unspecified atom stereocenters. The molecule has 2 heterocycles. The Morgan fingerprint density at radius 1 is 1.03 bits per heavy atom. The Hall–Kier alpha value is -4.53. The minimum Gasteiger partial charge on any atom is -0.462 e. The smallest absolute Gasteiger partial charge is 0.336 e. The Balaban J connectivity index is 1.39. The van der Waals surface area contributed by atoms with E-state index in [1.165, 1.54) is 0 Å². The summed E-state index contributed by atoms with van der Waals surface area (Å²) in [5, 5.41) is 10.3. The van der Waals surface area contributed by atoms with E-state index in [0.717, 1.165) is 22.5 Å². The number of aromatic nitrogens is 3. The van der Waals surface area contributed by atoms with Crippen molar-refractivity contribution in [3.63, 3.8) is 0 Å². The van der Waals surface area contributed by atoms with Crippen LogP contribution in [-0.2, 0) is 0 Å². The van der Waals surface area contributed by atoms with Crippen LogP contribution >= 0.6 is 0 Å². The maximum Gasteiger partial charge on any atom is 0.336 e. The van der Waals surface area contributed by atoms with Crippen molar-refractivity contribution >= 4 is 17.4 Å². The summed E-state index contributed by atoms with van der Waals surface area (Å²) in [6, 6.07) is 20.6. The van der Waals surface area contributed by atoms with E-state index in [9.17, 15) is 4.79 Å². The molecule has 3 aromatic carbocycles. The summed E-state index contributed by atoms with van der Waals surface area (Å²) in [4.78, 5) is 17.1. The fourth-order valence-corrected chi connectivity index (χ4v) is 3.68. The van der Waals surface area contributed by atoms with Gasteiger partial charge in [0, 0.05) is 16.9 Å². The van der Waals surface area contributed by atoms with Crippen LogP contribution in [0.25, 0.3) is 17.1 Å². The number of ether oxygens (including phenoxy) is 3. The number of hydrogen-bond donors (Lipinski definition) is 2. The zero-order valence-corrected chi connectivity index (χ0v) is 20.3. The zero-order chi connectivity index (χ0) is 25.1. The van der Waals surface area contributed by atoms with Crippen molar-refractivity contribution in [3.05, 3.63) is 72.3 Å². The maximum atomic E-state index is 12.5. The Labute approximate surface area is 209 Å². The monoisotopic (exact) mass is 485 g/mol. The Morgan fingerprint density at radius 3 is 2.58 bits per heavy atom. The van der Waals surface area contributed by atoms with Gasteiger partial charge < -0.3 is 24.8 Å². The molecule has 0 saturated heterocycles. The van der Waals surface area contributed by atoms with Crippen LogP contribution in [0.3, 0.4) is 0 Å². The number of nitrogens with one attached hydrogen (secondary N) is 2. The Kier molecular flexibility index (Phi) is 6.44. The number of carbonyl (C=O) groups is 1. The molecule has 2 amide bonds. The summed E-state index contributed by atoms with van der Waals surface area (Å²) in [5.41, 5.74) is 3.97. The number of para-hydroxylation sites is 1. The molecule has 0 spiro atoms. The number of amides is 2. The van der Waals surface area contributed by atoms with E-state index in [0.29, 0.717) is 35.5 Å². The van der Waals surface area contributed by atoms with E-state index >= 15 is 0 Å². The highest BCUT2D eigenvalue weighted by Crippen LogP contribution is 2.36. The molecule has 9 nitrogen and oxygen atoms in total. The second-order valence-corrected chi connectivity index (χ2v) is 8.84.